The maximum atomic E-state index is 12.9. The number of imide groups is 1. The Morgan fingerprint density at radius 3 is 2.52 bits per heavy atom. The largest absolute Gasteiger partial charge is 0.384 e. The van der Waals surface area contributed by atoms with Gasteiger partial charge in [0.1, 0.15) is 0 Å². The molecule has 2 aliphatic rings. The molecule has 0 spiro atoms. The molecular formula is C30H34ClN5O4. The predicted octanol–water partition coefficient (Wildman–Crippen LogP) is 4.50. The Balaban J connectivity index is 0.974. The molecule has 0 atom stereocenters. The highest BCUT2D eigenvalue weighted by Gasteiger charge is 2.36. The van der Waals surface area contributed by atoms with Gasteiger partial charge in [0.15, 0.2) is 0 Å². The third-order valence-electron chi connectivity index (χ3n) is 7.34. The number of nitrogens with zero attached hydrogens (tertiary/aromatic N) is 3. The number of fused-ring (bicyclic) bond motifs is 2. The fourth-order valence-corrected chi connectivity index (χ4v) is 5.30. The molecule has 0 bridgehead atoms. The molecule has 0 radical (unpaired) electrons. The van der Waals surface area contributed by atoms with Gasteiger partial charge in [0.2, 0.25) is 5.91 Å². The lowest BCUT2D eigenvalue weighted by Gasteiger charge is -2.29. The van der Waals surface area contributed by atoms with Crippen molar-refractivity contribution < 1.29 is 19.1 Å². The lowest BCUT2D eigenvalue weighted by atomic mass is 10.1. The van der Waals surface area contributed by atoms with Crippen LogP contribution in [0.1, 0.15) is 52.8 Å². The number of anilines is 2. The SMILES string of the molecule is O=C(CCN1C(=O)c2ccc(N3CCOCC3)cc2C1=O)NCCCCCCNc1ccnc2cc(Cl)ccc12. The van der Waals surface area contributed by atoms with Gasteiger partial charge in [0.25, 0.3) is 11.8 Å². The fourth-order valence-electron chi connectivity index (χ4n) is 5.13. The van der Waals surface area contributed by atoms with Crippen LogP contribution in [0.2, 0.25) is 5.02 Å². The van der Waals surface area contributed by atoms with Crippen molar-refractivity contribution in [3.8, 4) is 0 Å². The van der Waals surface area contributed by atoms with Gasteiger partial charge >= 0.3 is 0 Å². The summed E-state index contributed by atoms with van der Waals surface area (Å²) in [5, 5.41) is 8.11. The summed E-state index contributed by atoms with van der Waals surface area (Å²) in [6, 6.07) is 13.0. The Kier molecular flexibility index (Phi) is 9.13. The molecule has 2 aliphatic heterocycles. The molecule has 3 heterocycles. The molecule has 0 saturated carbocycles. The number of morpholine rings is 1. The lowest BCUT2D eigenvalue weighted by Crippen LogP contribution is -2.36. The van der Waals surface area contributed by atoms with Gasteiger partial charge in [-0.25, -0.2) is 0 Å². The van der Waals surface area contributed by atoms with E-state index in [2.05, 4.69) is 20.5 Å². The minimum Gasteiger partial charge on any atom is -0.384 e. The zero-order valence-corrected chi connectivity index (χ0v) is 23.2. The maximum Gasteiger partial charge on any atom is 0.261 e. The quantitative estimate of drug-likeness (QED) is 0.247. The summed E-state index contributed by atoms with van der Waals surface area (Å²) < 4.78 is 5.39. The van der Waals surface area contributed by atoms with E-state index in [4.69, 9.17) is 16.3 Å². The van der Waals surface area contributed by atoms with E-state index in [-0.39, 0.29) is 30.7 Å². The van der Waals surface area contributed by atoms with Crippen molar-refractivity contribution in [2.75, 3.05) is 56.2 Å². The van der Waals surface area contributed by atoms with Crippen LogP contribution in [-0.4, -0.2) is 73.5 Å². The number of amides is 3. The number of aromatic nitrogens is 1. The lowest BCUT2D eigenvalue weighted by molar-refractivity contribution is -0.121. The Hall–Kier alpha value is -3.69. The second-order valence-electron chi connectivity index (χ2n) is 10.1. The van der Waals surface area contributed by atoms with E-state index in [1.807, 2.05) is 30.3 Å². The molecule has 1 aromatic heterocycles. The number of benzene rings is 2. The molecule has 0 aliphatic carbocycles. The van der Waals surface area contributed by atoms with E-state index in [1.54, 1.807) is 18.3 Å². The summed E-state index contributed by atoms with van der Waals surface area (Å²) in [7, 11) is 0. The molecule has 0 unspecified atom stereocenters. The van der Waals surface area contributed by atoms with Gasteiger partial charge in [-0.15, -0.1) is 0 Å². The zero-order valence-electron chi connectivity index (χ0n) is 22.5. The minimum atomic E-state index is -0.335. The predicted molar refractivity (Wildman–Crippen MR) is 156 cm³/mol. The number of halogens is 1. The first-order chi connectivity index (χ1) is 19.5. The van der Waals surface area contributed by atoms with Crippen molar-refractivity contribution in [1.29, 1.82) is 0 Å². The Morgan fingerprint density at radius 2 is 1.70 bits per heavy atom. The number of carbonyl (C=O) groups is 3. The second-order valence-corrected chi connectivity index (χ2v) is 10.5. The van der Waals surface area contributed by atoms with Crippen molar-refractivity contribution >= 4 is 51.6 Å². The molecule has 1 fully saturated rings. The van der Waals surface area contributed by atoms with E-state index in [0.717, 1.165) is 67.6 Å². The molecule has 2 aromatic carbocycles. The highest BCUT2D eigenvalue weighted by molar-refractivity contribution is 6.31. The summed E-state index contributed by atoms with van der Waals surface area (Å²) in [6.07, 6.45) is 5.80. The molecule has 3 amide bonds. The van der Waals surface area contributed by atoms with E-state index < -0.39 is 0 Å². The second kappa shape index (κ2) is 13.1. The van der Waals surface area contributed by atoms with Crippen LogP contribution in [0.3, 0.4) is 0 Å². The number of rotatable bonds is 12. The van der Waals surface area contributed by atoms with E-state index >= 15 is 0 Å². The van der Waals surface area contributed by atoms with Crippen LogP contribution in [0, 0.1) is 0 Å². The number of hydrogen-bond acceptors (Lipinski definition) is 7. The standard InChI is InChI=1S/C30H34ClN5O4/c31-21-5-7-24-26(9-13-33-27(24)19-21)32-11-3-1-2-4-12-34-28(37)10-14-36-29(38)23-8-6-22(20-25(23)30(36)39)35-15-17-40-18-16-35/h5-9,13,19-20H,1-4,10-12,14-18H2,(H,32,33)(H,34,37). The third-order valence-corrected chi connectivity index (χ3v) is 7.57. The van der Waals surface area contributed by atoms with Crippen molar-refractivity contribution in [2.45, 2.75) is 32.1 Å². The first kappa shape index (κ1) is 27.9. The first-order valence-corrected chi connectivity index (χ1v) is 14.3. The molecular weight excluding hydrogens is 530 g/mol. The number of ether oxygens (including phenoxy) is 1. The number of nitrogens with one attached hydrogen (secondary N) is 2. The van der Waals surface area contributed by atoms with E-state index in [9.17, 15) is 14.4 Å². The average molecular weight is 564 g/mol. The molecule has 9 nitrogen and oxygen atoms in total. The van der Waals surface area contributed by atoms with Crippen LogP contribution < -0.4 is 15.5 Å². The topological polar surface area (TPSA) is 104 Å². The number of carbonyl (C=O) groups excluding carboxylic acids is 3. The van der Waals surface area contributed by atoms with Crippen LogP contribution >= 0.6 is 11.6 Å². The average Bonchev–Trinajstić information content (AvgIpc) is 3.21. The number of unbranched alkanes of at least 4 members (excludes halogenated alkanes) is 3. The van der Waals surface area contributed by atoms with Crippen LogP contribution in [-0.2, 0) is 9.53 Å². The number of hydrogen-bond donors (Lipinski definition) is 2. The Labute approximate surface area is 238 Å². The van der Waals surface area contributed by atoms with Gasteiger partial charge in [0, 0.05) is 67.1 Å². The highest BCUT2D eigenvalue weighted by Crippen LogP contribution is 2.28. The highest BCUT2D eigenvalue weighted by atomic mass is 35.5. The summed E-state index contributed by atoms with van der Waals surface area (Å²) in [5.41, 5.74) is 3.64. The molecule has 40 heavy (non-hydrogen) atoms. The van der Waals surface area contributed by atoms with Crippen molar-refractivity contribution in [3.63, 3.8) is 0 Å². The fraction of sp³-hybridized carbons (Fsp3) is 0.400. The summed E-state index contributed by atoms with van der Waals surface area (Å²) in [5.74, 6) is -0.824. The summed E-state index contributed by atoms with van der Waals surface area (Å²) >= 11 is 6.06. The molecule has 5 rings (SSSR count). The molecule has 3 aromatic rings. The third kappa shape index (κ3) is 6.54. The van der Waals surface area contributed by atoms with Gasteiger partial charge < -0.3 is 20.3 Å². The van der Waals surface area contributed by atoms with Crippen molar-refractivity contribution in [1.82, 2.24) is 15.2 Å². The van der Waals surface area contributed by atoms with Crippen LogP contribution in [0.5, 0.6) is 0 Å². The number of pyridine rings is 1. The molecule has 210 valence electrons. The molecule has 10 heteroatoms. The van der Waals surface area contributed by atoms with E-state index in [0.29, 0.717) is 35.9 Å². The van der Waals surface area contributed by atoms with Crippen molar-refractivity contribution in [2.24, 2.45) is 0 Å². The van der Waals surface area contributed by atoms with Crippen LogP contribution in [0.15, 0.2) is 48.7 Å². The first-order valence-electron chi connectivity index (χ1n) is 13.9. The maximum absolute atomic E-state index is 12.9. The van der Waals surface area contributed by atoms with Crippen molar-refractivity contribution in [3.05, 3.63) is 64.8 Å². The van der Waals surface area contributed by atoms with Crippen LogP contribution in [0.4, 0.5) is 11.4 Å². The Bertz CT molecular complexity index is 1390. The van der Waals surface area contributed by atoms with Gasteiger partial charge in [-0.2, -0.15) is 0 Å². The summed E-state index contributed by atoms with van der Waals surface area (Å²) in [6.45, 7) is 4.29. The molecule has 2 N–H and O–H groups in total. The smallest absolute Gasteiger partial charge is 0.261 e. The van der Waals surface area contributed by atoms with Gasteiger partial charge in [-0.3, -0.25) is 24.3 Å². The van der Waals surface area contributed by atoms with Gasteiger partial charge in [-0.1, -0.05) is 24.4 Å². The van der Waals surface area contributed by atoms with Crippen LogP contribution in [0.25, 0.3) is 10.9 Å². The molecule has 1 saturated heterocycles. The summed E-state index contributed by atoms with van der Waals surface area (Å²) in [4.78, 5) is 45.8. The zero-order chi connectivity index (χ0) is 27.9. The minimum absolute atomic E-state index is 0.0760. The Morgan fingerprint density at radius 1 is 0.925 bits per heavy atom. The monoisotopic (exact) mass is 563 g/mol. The van der Waals surface area contributed by atoms with Gasteiger partial charge in [0.05, 0.1) is 29.9 Å². The van der Waals surface area contributed by atoms with Gasteiger partial charge in [-0.05, 0) is 55.3 Å². The normalized spacial score (nSPS) is 15.0. The van der Waals surface area contributed by atoms with E-state index in [1.165, 1.54) is 4.90 Å².